The first-order valence-electron chi connectivity index (χ1n) is 6.02. The number of alkyl halides is 1. The van der Waals surface area contributed by atoms with Gasteiger partial charge in [0.2, 0.25) is 0 Å². The smallest absolute Gasteiger partial charge is 0.165 e. The maximum atomic E-state index is 5.90. The van der Waals surface area contributed by atoms with Crippen molar-refractivity contribution in [3.63, 3.8) is 0 Å². The summed E-state index contributed by atoms with van der Waals surface area (Å²) in [5.41, 5.74) is -0.397. The molecule has 0 fully saturated rings. The SMILES string of the molecule is CCC(C)(OC)c1nnc(CCl)n1CC(C)C. The van der Waals surface area contributed by atoms with Crippen LogP contribution in [0.1, 0.15) is 45.8 Å². The van der Waals surface area contributed by atoms with E-state index in [1.807, 2.05) is 6.92 Å². The summed E-state index contributed by atoms with van der Waals surface area (Å²) in [6.45, 7) is 9.31. The molecule has 0 saturated heterocycles. The zero-order valence-electron chi connectivity index (χ0n) is 11.3. The molecule has 0 bridgehead atoms. The third-order valence-electron chi connectivity index (χ3n) is 3.09. The molecule has 1 heterocycles. The summed E-state index contributed by atoms with van der Waals surface area (Å²) in [6, 6.07) is 0. The second kappa shape index (κ2) is 5.83. The summed E-state index contributed by atoms with van der Waals surface area (Å²) in [4.78, 5) is 0. The largest absolute Gasteiger partial charge is 0.371 e. The fourth-order valence-electron chi connectivity index (χ4n) is 1.78. The highest BCUT2D eigenvalue weighted by Crippen LogP contribution is 2.28. The van der Waals surface area contributed by atoms with Gasteiger partial charge in [-0.15, -0.1) is 21.8 Å². The van der Waals surface area contributed by atoms with Crippen LogP contribution in [0.25, 0.3) is 0 Å². The van der Waals surface area contributed by atoms with Gasteiger partial charge in [0.15, 0.2) is 5.82 Å². The molecular weight excluding hydrogens is 238 g/mol. The lowest BCUT2D eigenvalue weighted by molar-refractivity contribution is -0.0126. The maximum Gasteiger partial charge on any atom is 0.165 e. The Hall–Kier alpha value is -0.610. The molecule has 0 saturated carbocycles. The Labute approximate surface area is 108 Å². The first kappa shape index (κ1) is 14.5. The molecule has 1 unspecified atom stereocenters. The fourth-order valence-corrected chi connectivity index (χ4v) is 1.97. The zero-order valence-corrected chi connectivity index (χ0v) is 12.1. The summed E-state index contributed by atoms with van der Waals surface area (Å²) in [7, 11) is 1.71. The van der Waals surface area contributed by atoms with E-state index in [0.717, 1.165) is 24.6 Å². The number of methoxy groups -OCH3 is 1. The van der Waals surface area contributed by atoms with Crippen LogP contribution in [0.3, 0.4) is 0 Å². The zero-order chi connectivity index (χ0) is 13.1. The van der Waals surface area contributed by atoms with Crippen LogP contribution in [0.2, 0.25) is 0 Å². The molecule has 0 aliphatic heterocycles. The predicted molar refractivity (Wildman–Crippen MR) is 69.1 cm³/mol. The second-order valence-corrected chi connectivity index (χ2v) is 5.13. The average Bonchev–Trinajstić information content (AvgIpc) is 2.70. The van der Waals surface area contributed by atoms with E-state index in [-0.39, 0.29) is 0 Å². The van der Waals surface area contributed by atoms with Gasteiger partial charge in [-0.2, -0.15) is 0 Å². The fraction of sp³-hybridized carbons (Fsp3) is 0.833. The maximum absolute atomic E-state index is 5.90. The Morgan fingerprint density at radius 1 is 1.41 bits per heavy atom. The standard InChI is InChI=1S/C12H22ClN3O/c1-6-12(4,17-5)11-15-14-10(7-13)16(11)8-9(2)3/h9H,6-8H2,1-5H3. The van der Waals surface area contributed by atoms with E-state index in [1.54, 1.807) is 7.11 Å². The van der Waals surface area contributed by atoms with Gasteiger partial charge in [0.25, 0.3) is 0 Å². The quantitative estimate of drug-likeness (QED) is 0.738. The number of aromatic nitrogens is 3. The van der Waals surface area contributed by atoms with Gasteiger partial charge >= 0.3 is 0 Å². The highest BCUT2D eigenvalue weighted by atomic mass is 35.5. The van der Waals surface area contributed by atoms with Gasteiger partial charge in [-0.3, -0.25) is 0 Å². The Morgan fingerprint density at radius 3 is 2.47 bits per heavy atom. The van der Waals surface area contributed by atoms with E-state index < -0.39 is 5.60 Å². The highest BCUT2D eigenvalue weighted by molar-refractivity contribution is 6.16. The number of nitrogens with zero attached hydrogens (tertiary/aromatic N) is 3. The third-order valence-corrected chi connectivity index (χ3v) is 3.33. The van der Waals surface area contributed by atoms with Crippen molar-refractivity contribution in [1.29, 1.82) is 0 Å². The van der Waals surface area contributed by atoms with Crippen molar-refractivity contribution in [2.45, 2.75) is 52.1 Å². The summed E-state index contributed by atoms with van der Waals surface area (Å²) >= 11 is 5.90. The Morgan fingerprint density at radius 2 is 2.06 bits per heavy atom. The van der Waals surface area contributed by atoms with Crippen LogP contribution in [0.4, 0.5) is 0 Å². The third kappa shape index (κ3) is 2.99. The van der Waals surface area contributed by atoms with E-state index >= 15 is 0 Å². The molecular formula is C12H22ClN3O. The number of rotatable bonds is 6. The summed E-state index contributed by atoms with van der Waals surface area (Å²) in [5.74, 6) is 2.58. The number of halogens is 1. The van der Waals surface area contributed by atoms with Gasteiger partial charge in [0.05, 0.1) is 5.88 Å². The van der Waals surface area contributed by atoms with Gasteiger partial charge in [0.1, 0.15) is 11.4 Å². The minimum atomic E-state index is -0.397. The molecule has 0 amide bonds. The van der Waals surface area contributed by atoms with Gasteiger partial charge in [-0.25, -0.2) is 0 Å². The normalized spacial score (nSPS) is 15.2. The molecule has 5 heteroatoms. The van der Waals surface area contributed by atoms with Gasteiger partial charge < -0.3 is 9.30 Å². The van der Waals surface area contributed by atoms with Crippen molar-refractivity contribution in [3.8, 4) is 0 Å². The molecule has 17 heavy (non-hydrogen) atoms. The van der Waals surface area contributed by atoms with Crippen LogP contribution >= 0.6 is 11.6 Å². The van der Waals surface area contributed by atoms with Crippen LogP contribution in [0, 0.1) is 5.92 Å². The molecule has 0 aliphatic carbocycles. The van der Waals surface area contributed by atoms with Crippen LogP contribution in [0.15, 0.2) is 0 Å². The topological polar surface area (TPSA) is 39.9 Å². The van der Waals surface area contributed by atoms with Crippen molar-refractivity contribution in [2.24, 2.45) is 5.92 Å². The number of ether oxygens (including phenoxy) is 1. The van der Waals surface area contributed by atoms with Gasteiger partial charge in [-0.05, 0) is 19.3 Å². The Balaban J connectivity index is 3.19. The van der Waals surface area contributed by atoms with Crippen molar-refractivity contribution in [2.75, 3.05) is 7.11 Å². The second-order valence-electron chi connectivity index (χ2n) is 4.87. The molecule has 0 spiro atoms. The molecule has 98 valence electrons. The summed E-state index contributed by atoms with van der Waals surface area (Å²) in [5, 5.41) is 8.41. The summed E-state index contributed by atoms with van der Waals surface area (Å²) in [6.07, 6.45) is 0.849. The van der Waals surface area contributed by atoms with Crippen LogP contribution in [0.5, 0.6) is 0 Å². The molecule has 1 rings (SSSR count). The Kier molecular flexibility index (Phi) is 4.95. The molecule has 0 radical (unpaired) electrons. The highest BCUT2D eigenvalue weighted by Gasteiger charge is 2.31. The molecule has 0 N–H and O–H groups in total. The van der Waals surface area contributed by atoms with Crippen LogP contribution in [-0.4, -0.2) is 21.9 Å². The number of hydrogen-bond acceptors (Lipinski definition) is 3. The predicted octanol–water partition coefficient (Wildman–Crippen LogP) is 2.94. The van der Waals surface area contributed by atoms with E-state index in [4.69, 9.17) is 16.3 Å². The van der Waals surface area contributed by atoms with Gasteiger partial charge in [-0.1, -0.05) is 20.8 Å². The van der Waals surface area contributed by atoms with Crippen molar-refractivity contribution >= 4 is 11.6 Å². The van der Waals surface area contributed by atoms with E-state index in [0.29, 0.717) is 11.8 Å². The first-order chi connectivity index (χ1) is 7.98. The van der Waals surface area contributed by atoms with Crippen LogP contribution in [-0.2, 0) is 22.8 Å². The molecule has 0 aliphatic rings. The summed E-state index contributed by atoms with van der Waals surface area (Å²) < 4.78 is 7.67. The lowest BCUT2D eigenvalue weighted by Gasteiger charge is -2.27. The molecule has 1 atom stereocenters. The van der Waals surface area contributed by atoms with Crippen molar-refractivity contribution in [1.82, 2.24) is 14.8 Å². The number of hydrogen-bond donors (Lipinski definition) is 0. The first-order valence-corrected chi connectivity index (χ1v) is 6.55. The van der Waals surface area contributed by atoms with Gasteiger partial charge in [0, 0.05) is 13.7 Å². The van der Waals surface area contributed by atoms with E-state index in [1.165, 1.54) is 0 Å². The molecule has 1 aromatic heterocycles. The molecule has 1 aromatic rings. The average molecular weight is 260 g/mol. The molecule has 4 nitrogen and oxygen atoms in total. The van der Waals surface area contributed by atoms with Crippen molar-refractivity contribution in [3.05, 3.63) is 11.6 Å². The van der Waals surface area contributed by atoms with E-state index in [2.05, 4.69) is 35.5 Å². The minimum Gasteiger partial charge on any atom is -0.371 e. The lowest BCUT2D eigenvalue weighted by atomic mass is 10.0. The lowest BCUT2D eigenvalue weighted by Crippen LogP contribution is -2.29. The van der Waals surface area contributed by atoms with Crippen LogP contribution < -0.4 is 0 Å². The monoisotopic (exact) mass is 259 g/mol. The molecule has 0 aromatic carbocycles. The van der Waals surface area contributed by atoms with E-state index in [9.17, 15) is 0 Å². The van der Waals surface area contributed by atoms with Crippen molar-refractivity contribution < 1.29 is 4.74 Å². The minimum absolute atomic E-state index is 0.378. The Bertz CT molecular complexity index is 359.